The Kier molecular flexibility index (Phi) is 3.08. The molecule has 3 heterocycles. The molecule has 0 N–H and O–H groups in total. The summed E-state index contributed by atoms with van der Waals surface area (Å²) >= 11 is 8.04. The average molecular weight is 317 g/mol. The summed E-state index contributed by atoms with van der Waals surface area (Å²) in [4.78, 5) is 11.5. The van der Waals surface area contributed by atoms with E-state index in [2.05, 4.69) is 24.0 Å². The number of nitrogens with zero attached hydrogens (tertiary/aromatic N) is 2. The molecular weight excluding hydrogens is 304 g/mol. The SMILES string of the molecule is CCc1cc2c(Cl)nc(C3COc4ccccc43)nc2s1. The van der Waals surface area contributed by atoms with Crippen LogP contribution in [0.5, 0.6) is 5.75 Å². The molecule has 0 amide bonds. The molecule has 1 aliphatic rings. The Labute approximate surface area is 131 Å². The van der Waals surface area contributed by atoms with Gasteiger partial charge >= 0.3 is 0 Å². The Morgan fingerprint density at radius 1 is 1.33 bits per heavy atom. The molecule has 1 aliphatic heterocycles. The summed E-state index contributed by atoms with van der Waals surface area (Å²) in [6, 6.07) is 10.1. The Bertz CT molecular complexity index is 830. The lowest BCUT2D eigenvalue weighted by Crippen LogP contribution is -2.07. The Hall–Kier alpha value is -1.65. The Morgan fingerprint density at radius 2 is 2.19 bits per heavy atom. The molecule has 0 saturated carbocycles. The third-order valence-corrected chi connectivity index (χ3v) is 5.24. The van der Waals surface area contributed by atoms with Gasteiger partial charge in [0.15, 0.2) is 0 Å². The van der Waals surface area contributed by atoms with Gasteiger partial charge in [-0.25, -0.2) is 9.97 Å². The maximum atomic E-state index is 6.35. The molecule has 5 heteroatoms. The van der Waals surface area contributed by atoms with Crippen LogP contribution in [0.4, 0.5) is 0 Å². The molecule has 1 atom stereocenters. The molecule has 0 fully saturated rings. The van der Waals surface area contributed by atoms with Crippen LogP contribution < -0.4 is 4.74 Å². The second-order valence-corrected chi connectivity index (χ2v) is 6.53. The highest BCUT2D eigenvalue weighted by molar-refractivity contribution is 7.18. The van der Waals surface area contributed by atoms with Gasteiger partial charge in [0, 0.05) is 15.8 Å². The number of ether oxygens (including phenoxy) is 1. The standard InChI is InChI=1S/C16H13ClN2OS/c1-2-9-7-11-14(17)18-15(19-16(11)21-9)12-8-20-13-6-4-3-5-10(12)13/h3-7,12H,2,8H2,1H3. The van der Waals surface area contributed by atoms with Crippen LogP contribution in [0.25, 0.3) is 10.2 Å². The van der Waals surface area contributed by atoms with Gasteiger partial charge in [-0.3, -0.25) is 0 Å². The van der Waals surface area contributed by atoms with Crippen molar-refractivity contribution < 1.29 is 4.74 Å². The second kappa shape index (κ2) is 4.97. The predicted octanol–water partition coefficient (Wildman–Crippen LogP) is 4.43. The zero-order valence-electron chi connectivity index (χ0n) is 11.5. The predicted molar refractivity (Wildman–Crippen MR) is 85.6 cm³/mol. The van der Waals surface area contributed by atoms with Gasteiger partial charge in [0.2, 0.25) is 0 Å². The van der Waals surface area contributed by atoms with E-state index in [1.807, 2.05) is 18.2 Å². The first-order valence-corrected chi connectivity index (χ1v) is 8.13. The van der Waals surface area contributed by atoms with Gasteiger partial charge in [-0.05, 0) is 18.6 Å². The molecular formula is C16H13ClN2OS. The van der Waals surface area contributed by atoms with E-state index in [-0.39, 0.29) is 5.92 Å². The summed E-state index contributed by atoms with van der Waals surface area (Å²) in [6.07, 6.45) is 0.988. The minimum absolute atomic E-state index is 0.0651. The van der Waals surface area contributed by atoms with Gasteiger partial charge in [0.1, 0.15) is 28.2 Å². The molecule has 0 saturated heterocycles. The number of halogens is 1. The van der Waals surface area contributed by atoms with E-state index in [0.717, 1.165) is 33.8 Å². The number of aryl methyl sites for hydroxylation is 1. The minimum Gasteiger partial charge on any atom is -0.492 e. The molecule has 3 aromatic rings. The van der Waals surface area contributed by atoms with Crippen molar-refractivity contribution in [1.82, 2.24) is 9.97 Å². The topological polar surface area (TPSA) is 35.0 Å². The van der Waals surface area contributed by atoms with Crippen LogP contribution in [0, 0.1) is 0 Å². The molecule has 4 rings (SSSR count). The molecule has 2 aromatic heterocycles. The first-order chi connectivity index (χ1) is 10.3. The largest absolute Gasteiger partial charge is 0.492 e. The van der Waals surface area contributed by atoms with Crippen LogP contribution in [0.15, 0.2) is 30.3 Å². The number of hydrogen-bond acceptors (Lipinski definition) is 4. The first kappa shape index (κ1) is 13.0. The van der Waals surface area contributed by atoms with Crippen LogP contribution in [0.3, 0.4) is 0 Å². The number of hydrogen-bond donors (Lipinski definition) is 0. The van der Waals surface area contributed by atoms with Crippen LogP contribution in [0.1, 0.15) is 29.1 Å². The zero-order chi connectivity index (χ0) is 14.4. The van der Waals surface area contributed by atoms with Gasteiger partial charge < -0.3 is 4.74 Å². The number of thiophene rings is 1. The second-order valence-electron chi connectivity index (χ2n) is 5.06. The number of para-hydroxylation sites is 1. The van der Waals surface area contributed by atoms with E-state index in [1.54, 1.807) is 11.3 Å². The number of fused-ring (bicyclic) bond motifs is 2. The quantitative estimate of drug-likeness (QED) is 0.656. The van der Waals surface area contributed by atoms with Crippen LogP contribution in [-0.2, 0) is 6.42 Å². The molecule has 21 heavy (non-hydrogen) atoms. The van der Waals surface area contributed by atoms with Crippen LogP contribution in [0.2, 0.25) is 5.15 Å². The lowest BCUT2D eigenvalue weighted by atomic mass is 10.0. The summed E-state index contributed by atoms with van der Waals surface area (Å²) in [5.74, 6) is 1.74. The number of rotatable bonds is 2. The van der Waals surface area contributed by atoms with Crippen molar-refractivity contribution in [1.29, 1.82) is 0 Å². The van der Waals surface area contributed by atoms with Crippen molar-refractivity contribution in [3.63, 3.8) is 0 Å². The monoisotopic (exact) mass is 316 g/mol. The summed E-state index contributed by atoms with van der Waals surface area (Å²) in [7, 11) is 0. The highest BCUT2D eigenvalue weighted by atomic mass is 35.5. The summed E-state index contributed by atoms with van der Waals surface area (Å²) < 4.78 is 5.72. The molecule has 0 spiro atoms. The fraction of sp³-hybridized carbons (Fsp3) is 0.250. The van der Waals surface area contributed by atoms with Gasteiger partial charge in [-0.2, -0.15) is 0 Å². The lowest BCUT2D eigenvalue weighted by molar-refractivity contribution is 0.340. The molecule has 0 radical (unpaired) electrons. The molecule has 0 bridgehead atoms. The number of aromatic nitrogens is 2. The molecule has 1 aromatic carbocycles. The summed E-state index contributed by atoms with van der Waals surface area (Å²) in [5.41, 5.74) is 1.14. The number of benzene rings is 1. The first-order valence-electron chi connectivity index (χ1n) is 6.94. The molecule has 0 aliphatic carbocycles. The van der Waals surface area contributed by atoms with Crippen molar-refractivity contribution in [2.75, 3.05) is 6.61 Å². The van der Waals surface area contributed by atoms with E-state index >= 15 is 0 Å². The maximum absolute atomic E-state index is 6.35. The molecule has 3 nitrogen and oxygen atoms in total. The smallest absolute Gasteiger partial charge is 0.142 e. The van der Waals surface area contributed by atoms with Gasteiger partial charge in [-0.15, -0.1) is 11.3 Å². The third-order valence-electron chi connectivity index (χ3n) is 3.77. The Balaban J connectivity index is 1.84. The third kappa shape index (κ3) is 2.10. The maximum Gasteiger partial charge on any atom is 0.142 e. The minimum atomic E-state index is 0.0651. The van der Waals surface area contributed by atoms with E-state index in [0.29, 0.717) is 11.8 Å². The fourth-order valence-corrected chi connectivity index (χ4v) is 3.92. The van der Waals surface area contributed by atoms with Gasteiger partial charge in [-0.1, -0.05) is 36.7 Å². The van der Waals surface area contributed by atoms with E-state index in [9.17, 15) is 0 Å². The van der Waals surface area contributed by atoms with Gasteiger partial charge in [0.05, 0.1) is 5.92 Å². The summed E-state index contributed by atoms with van der Waals surface area (Å²) in [6.45, 7) is 2.71. The van der Waals surface area contributed by atoms with Gasteiger partial charge in [0.25, 0.3) is 0 Å². The van der Waals surface area contributed by atoms with E-state index in [1.165, 1.54) is 4.88 Å². The van der Waals surface area contributed by atoms with Crippen molar-refractivity contribution in [3.05, 3.63) is 51.7 Å². The molecule has 1 unspecified atom stereocenters. The average Bonchev–Trinajstić information content (AvgIpc) is 3.10. The highest BCUT2D eigenvalue weighted by Gasteiger charge is 2.28. The van der Waals surface area contributed by atoms with E-state index in [4.69, 9.17) is 21.3 Å². The fourth-order valence-electron chi connectivity index (χ4n) is 2.66. The Morgan fingerprint density at radius 3 is 3.05 bits per heavy atom. The van der Waals surface area contributed by atoms with Crippen LogP contribution >= 0.6 is 22.9 Å². The zero-order valence-corrected chi connectivity index (χ0v) is 13.0. The summed E-state index contributed by atoms with van der Waals surface area (Å²) in [5, 5.41) is 1.49. The highest BCUT2D eigenvalue weighted by Crippen LogP contribution is 2.38. The van der Waals surface area contributed by atoms with E-state index < -0.39 is 0 Å². The van der Waals surface area contributed by atoms with Crippen molar-refractivity contribution in [2.24, 2.45) is 0 Å². The molecule has 106 valence electrons. The van der Waals surface area contributed by atoms with Crippen LogP contribution in [-0.4, -0.2) is 16.6 Å². The van der Waals surface area contributed by atoms with Crippen molar-refractivity contribution >= 4 is 33.2 Å². The normalized spacial score (nSPS) is 17.0. The van der Waals surface area contributed by atoms with Crippen molar-refractivity contribution in [3.8, 4) is 5.75 Å². The van der Waals surface area contributed by atoms with Crippen molar-refractivity contribution in [2.45, 2.75) is 19.3 Å². The lowest BCUT2D eigenvalue weighted by Gasteiger charge is -2.07.